The molecule has 1 heterocycles. The maximum absolute atomic E-state index is 12.4. The molecule has 1 N–H and O–H groups in total. The molecule has 1 aromatic rings. The minimum absolute atomic E-state index is 0.0929. The minimum Gasteiger partial charge on any atom is -0.493 e. The Bertz CT molecular complexity index is 528. The van der Waals surface area contributed by atoms with Gasteiger partial charge in [-0.3, -0.25) is 4.79 Å². The minimum atomic E-state index is -0.234. The lowest BCUT2D eigenvalue weighted by Crippen LogP contribution is -2.46. The fraction of sp³-hybridized carbons (Fsp3) is 0.562. The van der Waals surface area contributed by atoms with Crippen LogP contribution < -0.4 is 19.7 Å². The Morgan fingerprint density at radius 2 is 1.86 bits per heavy atom. The van der Waals surface area contributed by atoms with E-state index in [4.69, 9.17) is 9.47 Å². The third-order valence-electron chi connectivity index (χ3n) is 3.73. The molecule has 0 bridgehead atoms. The van der Waals surface area contributed by atoms with Crippen molar-refractivity contribution in [2.45, 2.75) is 33.2 Å². The molecule has 1 aromatic carbocycles. The van der Waals surface area contributed by atoms with E-state index < -0.39 is 0 Å². The van der Waals surface area contributed by atoms with Crippen LogP contribution in [0.1, 0.15) is 27.2 Å². The molecular formula is C16H24N2O3. The van der Waals surface area contributed by atoms with Gasteiger partial charge in [0.25, 0.3) is 0 Å². The van der Waals surface area contributed by atoms with Crippen molar-refractivity contribution in [3.05, 3.63) is 12.1 Å². The van der Waals surface area contributed by atoms with Crippen molar-refractivity contribution < 1.29 is 14.3 Å². The second-order valence-corrected chi connectivity index (χ2v) is 5.76. The number of hydrogen-bond acceptors (Lipinski definition) is 4. The summed E-state index contributed by atoms with van der Waals surface area (Å²) in [6.07, 6.45) is 0.965. The van der Waals surface area contributed by atoms with Crippen molar-refractivity contribution in [3.8, 4) is 11.5 Å². The summed E-state index contributed by atoms with van der Waals surface area (Å²) < 4.78 is 10.7. The first-order chi connectivity index (χ1) is 9.97. The maximum atomic E-state index is 12.4. The van der Waals surface area contributed by atoms with E-state index in [-0.39, 0.29) is 11.9 Å². The van der Waals surface area contributed by atoms with Gasteiger partial charge in [0.2, 0.25) is 5.91 Å². The number of carbonyl (C=O) groups excluding carboxylic acids is 1. The Morgan fingerprint density at radius 1 is 1.24 bits per heavy atom. The summed E-state index contributed by atoms with van der Waals surface area (Å²) >= 11 is 0. The first-order valence-corrected chi connectivity index (χ1v) is 7.31. The lowest BCUT2D eigenvalue weighted by Gasteiger charge is -2.35. The predicted octanol–water partition coefficient (Wildman–Crippen LogP) is 2.90. The third-order valence-corrected chi connectivity index (χ3v) is 3.73. The largest absolute Gasteiger partial charge is 0.493 e. The Balaban J connectivity index is 2.42. The first-order valence-electron chi connectivity index (χ1n) is 7.31. The molecule has 1 aliphatic rings. The number of nitrogens with one attached hydrogen (secondary N) is 1. The van der Waals surface area contributed by atoms with Crippen LogP contribution in [0.15, 0.2) is 12.1 Å². The van der Waals surface area contributed by atoms with Crippen LogP contribution in [0.3, 0.4) is 0 Å². The standard InChI is InChI=1S/C16H24N2O3/c1-10(2)6-7-18-13-9-15(21-5)14(20-4)8-12(13)17-11(3)16(18)19/h8-11,17H,6-7H2,1-5H3. The van der Waals surface area contributed by atoms with Crippen LogP contribution in [0.5, 0.6) is 11.5 Å². The molecule has 21 heavy (non-hydrogen) atoms. The van der Waals surface area contributed by atoms with Crippen LogP contribution in [0.4, 0.5) is 11.4 Å². The zero-order chi connectivity index (χ0) is 15.6. The number of benzene rings is 1. The van der Waals surface area contributed by atoms with Gasteiger partial charge in [-0.1, -0.05) is 13.8 Å². The van der Waals surface area contributed by atoms with Crippen LogP contribution in [-0.2, 0) is 4.79 Å². The van der Waals surface area contributed by atoms with E-state index in [2.05, 4.69) is 19.2 Å². The molecule has 1 aliphatic heterocycles. The maximum Gasteiger partial charge on any atom is 0.249 e. The van der Waals surface area contributed by atoms with Crippen molar-refractivity contribution in [3.63, 3.8) is 0 Å². The number of methoxy groups -OCH3 is 2. The average Bonchev–Trinajstić information content (AvgIpc) is 2.46. The zero-order valence-electron chi connectivity index (χ0n) is 13.4. The highest BCUT2D eigenvalue weighted by molar-refractivity contribution is 6.05. The molecule has 5 nitrogen and oxygen atoms in total. The molecule has 0 radical (unpaired) electrons. The number of fused-ring (bicyclic) bond motifs is 1. The van der Waals surface area contributed by atoms with Crippen molar-refractivity contribution in [2.24, 2.45) is 5.92 Å². The van der Waals surface area contributed by atoms with E-state index in [9.17, 15) is 4.79 Å². The van der Waals surface area contributed by atoms with Gasteiger partial charge in [0, 0.05) is 18.7 Å². The summed E-state index contributed by atoms with van der Waals surface area (Å²) in [5, 5.41) is 3.23. The highest BCUT2D eigenvalue weighted by Gasteiger charge is 2.30. The Hall–Kier alpha value is -1.91. The first kappa shape index (κ1) is 15.5. The summed E-state index contributed by atoms with van der Waals surface area (Å²) in [5.41, 5.74) is 1.76. The second-order valence-electron chi connectivity index (χ2n) is 5.76. The van der Waals surface area contributed by atoms with E-state index >= 15 is 0 Å². The summed E-state index contributed by atoms with van der Waals surface area (Å²) in [6, 6.07) is 3.52. The average molecular weight is 292 g/mol. The predicted molar refractivity (Wildman–Crippen MR) is 84.4 cm³/mol. The van der Waals surface area contributed by atoms with Gasteiger partial charge in [-0.15, -0.1) is 0 Å². The van der Waals surface area contributed by atoms with E-state index in [1.807, 2.05) is 24.0 Å². The molecule has 1 unspecified atom stereocenters. The van der Waals surface area contributed by atoms with Gasteiger partial charge < -0.3 is 19.7 Å². The Kier molecular flexibility index (Phi) is 4.60. The lowest BCUT2D eigenvalue weighted by molar-refractivity contribution is -0.119. The van der Waals surface area contributed by atoms with Gasteiger partial charge in [0.1, 0.15) is 6.04 Å². The highest BCUT2D eigenvalue weighted by Crippen LogP contribution is 2.41. The SMILES string of the molecule is COc1cc2c(cc1OC)N(CCC(C)C)C(=O)C(C)N2. The summed E-state index contributed by atoms with van der Waals surface area (Å²) in [4.78, 5) is 14.3. The van der Waals surface area contributed by atoms with Gasteiger partial charge in [-0.05, 0) is 19.3 Å². The topological polar surface area (TPSA) is 50.8 Å². The molecule has 2 rings (SSSR count). The number of anilines is 2. The molecule has 1 amide bonds. The molecule has 1 atom stereocenters. The highest BCUT2D eigenvalue weighted by atomic mass is 16.5. The lowest BCUT2D eigenvalue weighted by atomic mass is 10.1. The monoisotopic (exact) mass is 292 g/mol. The molecule has 116 valence electrons. The van der Waals surface area contributed by atoms with Crippen molar-refractivity contribution in [2.75, 3.05) is 31.0 Å². The molecule has 0 saturated carbocycles. The van der Waals surface area contributed by atoms with Gasteiger partial charge in [-0.2, -0.15) is 0 Å². The van der Waals surface area contributed by atoms with Crippen molar-refractivity contribution >= 4 is 17.3 Å². The molecule has 0 aromatic heterocycles. The number of hydrogen-bond donors (Lipinski definition) is 1. The van der Waals surface area contributed by atoms with Crippen LogP contribution in [0.2, 0.25) is 0 Å². The molecule has 5 heteroatoms. The van der Waals surface area contributed by atoms with Crippen LogP contribution in [-0.4, -0.2) is 32.7 Å². The van der Waals surface area contributed by atoms with E-state index in [1.165, 1.54) is 0 Å². The number of nitrogens with zero attached hydrogens (tertiary/aromatic N) is 1. The van der Waals surface area contributed by atoms with E-state index in [0.29, 0.717) is 24.0 Å². The summed E-state index contributed by atoms with van der Waals surface area (Å²) in [6.45, 7) is 6.91. The van der Waals surface area contributed by atoms with Crippen LogP contribution >= 0.6 is 0 Å². The van der Waals surface area contributed by atoms with Gasteiger partial charge >= 0.3 is 0 Å². The van der Waals surface area contributed by atoms with E-state index in [1.54, 1.807) is 14.2 Å². The van der Waals surface area contributed by atoms with Gasteiger partial charge in [0.15, 0.2) is 11.5 Å². The Morgan fingerprint density at radius 3 is 2.43 bits per heavy atom. The van der Waals surface area contributed by atoms with Crippen molar-refractivity contribution in [1.82, 2.24) is 0 Å². The molecule has 0 saturated heterocycles. The van der Waals surface area contributed by atoms with Crippen LogP contribution in [0.25, 0.3) is 0 Å². The van der Waals surface area contributed by atoms with Crippen LogP contribution in [0, 0.1) is 5.92 Å². The summed E-state index contributed by atoms with van der Waals surface area (Å²) in [7, 11) is 3.21. The summed E-state index contributed by atoms with van der Waals surface area (Å²) in [5.74, 6) is 1.94. The fourth-order valence-corrected chi connectivity index (χ4v) is 2.47. The molecule has 0 fully saturated rings. The van der Waals surface area contributed by atoms with Gasteiger partial charge in [0.05, 0.1) is 25.6 Å². The number of rotatable bonds is 5. The smallest absolute Gasteiger partial charge is 0.249 e. The quantitative estimate of drug-likeness (QED) is 0.906. The normalized spacial score (nSPS) is 17.5. The zero-order valence-corrected chi connectivity index (χ0v) is 13.4. The van der Waals surface area contributed by atoms with Crippen molar-refractivity contribution in [1.29, 1.82) is 0 Å². The third kappa shape index (κ3) is 3.06. The fourth-order valence-electron chi connectivity index (χ4n) is 2.47. The Labute approximate surface area is 126 Å². The number of ether oxygens (including phenoxy) is 2. The molecule has 0 spiro atoms. The number of carbonyl (C=O) groups is 1. The molecule has 0 aliphatic carbocycles. The van der Waals surface area contributed by atoms with E-state index in [0.717, 1.165) is 17.8 Å². The second kappa shape index (κ2) is 6.24. The molecular weight excluding hydrogens is 268 g/mol. The van der Waals surface area contributed by atoms with Gasteiger partial charge in [-0.25, -0.2) is 0 Å². The number of amides is 1.